The van der Waals surface area contributed by atoms with E-state index in [4.69, 9.17) is 0 Å². The van der Waals surface area contributed by atoms with E-state index < -0.39 is 0 Å². The zero-order valence-electron chi connectivity index (χ0n) is 10.7. The van der Waals surface area contributed by atoms with E-state index in [1.54, 1.807) is 16.8 Å². The SMILES string of the molecule is CCNCc1cn(Cc2cc(F)ccc2C)nn1. The second-order valence-corrected chi connectivity index (χ2v) is 4.26. The number of aryl methyl sites for hydroxylation is 1. The predicted molar refractivity (Wildman–Crippen MR) is 67.6 cm³/mol. The lowest BCUT2D eigenvalue weighted by Crippen LogP contribution is -2.11. The first-order chi connectivity index (χ1) is 8.69. The van der Waals surface area contributed by atoms with Gasteiger partial charge in [0, 0.05) is 6.54 Å². The van der Waals surface area contributed by atoms with Crippen LogP contribution in [0.3, 0.4) is 0 Å². The molecule has 0 radical (unpaired) electrons. The summed E-state index contributed by atoms with van der Waals surface area (Å²) in [7, 11) is 0. The summed E-state index contributed by atoms with van der Waals surface area (Å²) in [6, 6.07) is 4.79. The molecule has 1 aromatic heterocycles. The van der Waals surface area contributed by atoms with Gasteiger partial charge >= 0.3 is 0 Å². The molecule has 1 heterocycles. The van der Waals surface area contributed by atoms with Gasteiger partial charge in [0.15, 0.2) is 0 Å². The van der Waals surface area contributed by atoms with Gasteiger partial charge in [-0.25, -0.2) is 9.07 Å². The molecule has 0 saturated carbocycles. The van der Waals surface area contributed by atoms with Gasteiger partial charge in [-0.3, -0.25) is 0 Å². The van der Waals surface area contributed by atoms with Crippen molar-refractivity contribution in [2.45, 2.75) is 26.9 Å². The van der Waals surface area contributed by atoms with Crippen LogP contribution in [0.15, 0.2) is 24.4 Å². The average molecular weight is 248 g/mol. The molecule has 18 heavy (non-hydrogen) atoms. The van der Waals surface area contributed by atoms with Crippen molar-refractivity contribution in [3.05, 3.63) is 47.0 Å². The minimum atomic E-state index is -0.219. The Morgan fingerprint density at radius 1 is 1.39 bits per heavy atom. The highest BCUT2D eigenvalue weighted by molar-refractivity contribution is 5.26. The molecular formula is C13H17FN4. The van der Waals surface area contributed by atoms with Crippen LogP contribution in [0.1, 0.15) is 23.7 Å². The molecule has 2 rings (SSSR count). The first-order valence-corrected chi connectivity index (χ1v) is 6.04. The Morgan fingerprint density at radius 2 is 2.22 bits per heavy atom. The first-order valence-electron chi connectivity index (χ1n) is 6.04. The van der Waals surface area contributed by atoms with Crippen molar-refractivity contribution >= 4 is 0 Å². The molecule has 96 valence electrons. The molecule has 1 aromatic carbocycles. The molecule has 0 unspecified atom stereocenters. The van der Waals surface area contributed by atoms with Gasteiger partial charge in [0.1, 0.15) is 5.82 Å². The minimum absolute atomic E-state index is 0.219. The van der Waals surface area contributed by atoms with Crippen molar-refractivity contribution < 1.29 is 4.39 Å². The Hall–Kier alpha value is -1.75. The van der Waals surface area contributed by atoms with E-state index in [9.17, 15) is 4.39 Å². The van der Waals surface area contributed by atoms with Crippen LogP contribution in [0.2, 0.25) is 0 Å². The van der Waals surface area contributed by atoms with Crippen molar-refractivity contribution in [1.29, 1.82) is 0 Å². The van der Waals surface area contributed by atoms with Gasteiger partial charge < -0.3 is 5.32 Å². The molecular weight excluding hydrogens is 231 g/mol. The highest BCUT2D eigenvalue weighted by Crippen LogP contribution is 2.11. The zero-order valence-corrected chi connectivity index (χ0v) is 10.7. The molecule has 5 heteroatoms. The summed E-state index contributed by atoms with van der Waals surface area (Å²) in [5.41, 5.74) is 2.88. The molecule has 0 fully saturated rings. The second kappa shape index (κ2) is 5.73. The van der Waals surface area contributed by atoms with E-state index in [-0.39, 0.29) is 5.82 Å². The van der Waals surface area contributed by atoms with E-state index in [2.05, 4.69) is 15.6 Å². The third kappa shape index (κ3) is 3.13. The maximum Gasteiger partial charge on any atom is 0.123 e. The van der Waals surface area contributed by atoms with Crippen LogP contribution in [-0.2, 0) is 13.1 Å². The molecule has 0 spiro atoms. The quantitative estimate of drug-likeness (QED) is 0.878. The lowest BCUT2D eigenvalue weighted by molar-refractivity contribution is 0.612. The molecule has 0 aliphatic carbocycles. The number of nitrogens with one attached hydrogen (secondary N) is 1. The van der Waals surface area contributed by atoms with Crippen LogP contribution in [-0.4, -0.2) is 21.5 Å². The fourth-order valence-electron chi connectivity index (χ4n) is 1.73. The van der Waals surface area contributed by atoms with E-state index in [1.165, 1.54) is 6.07 Å². The van der Waals surface area contributed by atoms with Crippen LogP contribution >= 0.6 is 0 Å². The lowest BCUT2D eigenvalue weighted by atomic mass is 10.1. The number of halogens is 1. The zero-order chi connectivity index (χ0) is 13.0. The van der Waals surface area contributed by atoms with Crippen LogP contribution in [0.25, 0.3) is 0 Å². The van der Waals surface area contributed by atoms with Crippen molar-refractivity contribution in [1.82, 2.24) is 20.3 Å². The summed E-state index contributed by atoms with van der Waals surface area (Å²) >= 11 is 0. The van der Waals surface area contributed by atoms with Gasteiger partial charge in [0.05, 0.1) is 18.4 Å². The van der Waals surface area contributed by atoms with Crippen molar-refractivity contribution in [2.24, 2.45) is 0 Å². The lowest BCUT2D eigenvalue weighted by Gasteiger charge is -2.05. The minimum Gasteiger partial charge on any atom is -0.311 e. The van der Waals surface area contributed by atoms with Crippen LogP contribution in [0.4, 0.5) is 4.39 Å². The molecule has 4 nitrogen and oxygen atoms in total. The third-order valence-corrected chi connectivity index (χ3v) is 2.79. The highest BCUT2D eigenvalue weighted by atomic mass is 19.1. The van der Waals surface area contributed by atoms with Crippen molar-refractivity contribution in [3.63, 3.8) is 0 Å². The van der Waals surface area contributed by atoms with Gasteiger partial charge in [-0.15, -0.1) is 5.10 Å². The first kappa shape index (κ1) is 12.7. The molecule has 0 atom stereocenters. The number of hydrogen-bond acceptors (Lipinski definition) is 3. The van der Waals surface area contributed by atoms with E-state index in [0.717, 1.165) is 23.4 Å². The molecule has 2 aromatic rings. The van der Waals surface area contributed by atoms with Gasteiger partial charge in [0.25, 0.3) is 0 Å². The average Bonchev–Trinajstić information content (AvgIpc) is 2.79. The summed E-state index contributed by atoms with van der Waals surface area (Å²) in [5, 5.41) is 11.3. The normalized spacial score (nSPS) is 10.8. The summed E-state index contributed by atoms with van der Waals surface area (Å²) < 4.78 is 14.9. The topological polar surface area (TPSA) is 42.7 Å². The van der Waals surface area contributed by atoms with Gasteiger partial charge in [-0.2, -0.15) is 0 Å². The number of aromatic nitrogens is 3. The van der Waals surface area contributed by atoms with Gasteiger partial charge in [-0.05, 0) is 36.7 Å². The molecule has 0 aliphatic rings. The summed E-state index contributed by atoms with van der Waals surface area (Å²) in [4.78, 5) is 0. The van der Waals surface area contributed by atoms with Crippen LogP contribution < -0.4 is 5.32 Å². The predicted octanol–water partition coefficient (Wildman–Crippen LogP) is 1.88. The van der Waals surface area contributed by atoms with Crippen molar-refractivity contribution in [2.75, 3.05) is 6.54 Å². The maximum absolute atomic E-state index is 13.2. The van der Waals surface area contributed by atoms with E-state index in [1.807, 2.05) is 20.0 Å². The second-order valence-electron chi connectivity index (χ2n) is 4.26. The maximum atomic E-state index is 13.2. The Kier molecular flexibility index (Phi) is 4.04. The molecule has 0 amide bonds. The number of nitrogens with zero attached hydrogens (tertiary/aromatic N) is 3. The Bertz CT molecular complexity index is 521. The molecule has 1 N–H and O–H groups in total. The summed E-state index contributed by atoms with van der Waals surface area (Å²) in [5.74, 6) is -0.219. The largest absolute Gasteiger partial charge is 0.311 e. The fraction of sp³-hybridized carbons (Fsp3) is 0.385. The van der Waals surface area contributed by atoms with E-state index >= 15 is 0 Å². The monoisotopic (exact) mass is 248 g/mol. The van der Waals surface area contributed by atoms with Gasteiger partial charge in [0.2, 0.25) is 0 Å². The van der Waals surface area contributed by atoms with Crippen LogP contribution in [0.5, 0.6) is 0 Å². The third-order valence-electron chi connectivity index (χ3n) is 2.79. The molecule has 0 saturated heterocycles. The van der Waals surface area contributed by atoms with Crippen molar-refractivity contribution in [3.8, 4) is 0 Å². The Balaban J connectivity index is 2.08. The summed E-state index contributed by atoms with van der Waals surface area (Å²) in [6.07, 6.45) is 1.88. The summed E-state index contributed by atoms with van der Waals surface area (Å²) in [6.45, 7) is 6.16. The number of hydrogen-bond donors (Lipinski definition) is 1. The smallest absolute Gasteiger partial charge is 0.123 e. The molecule has 0 aliphatic heterocycles. The highest BCUT2D eigenvalue weighted by Gasteiger charge is 2.04. The Labute approximate surface area is 106 Å². The van der Waals surface area contributed by atoms with Gasteiger partial charge in [-0.1, -0.05) is 18.2 Å². The van der Waals surface area contributed by atoms with Crippen LogP contribution in [0, 0.1) is 12.7 Å². The fourth-order valence-corrected chi connectivity index (χ4v) is 1.73. The number of benzene rings is 1. The van der Waals surface area contributed by atoms with E-state index in [0.29, 0.717) is 13.1 Å². The standard InChI is InChI=1S/C13H17FN4/c1-3-15-7-13-9-18(17-16-13)8-11-6-12(14)5-4-10(11)2/h4-6,9,15H,3,7-8H2,1-2H3. The Morgan fingerprint density at radius 3 is 3.00 bits per heavy atom. The molecule has 0 bridgehead atoms. The number of rotatable bonds is 5.